The van der Waals surface area contributed by atoms with E-state index in [-0.39, 0.29) is 34.5 Å². The predicted octanol–water partition coefficient (Wildman–Crippen LogP) is 6.96. The molecule has 0 radical (unpaired) electrons. The van der Waals surface area contributed by atoms with Crippen molar-refractivity contribution >= 4 is 44.8 Å². The maximum Gasteiger partial charge on any atom is 0.201 e. The van der Waals surface area contributed by atoms with Gasteiger partial charge in [0.25, 0.3) is 0 Å². The van der Waals surface area contributed by atoms with Gasteiger partial charge in [-0.3, -0.25) is 9.79 Å². The van der Waals surface area contributed by atoms with Crippen LogP contribution in [0.5, 0.6) is 0 Å². The molecule has 4 aliphatic rings. The highest BCUT2D eigenvalue weighted by Crippen LogP contribution is 2.53. The van der Waals surface area contributed by atoms with Gasteiger partial charge < -0.3 is 19.9 Å². The number of carbonyl (C=O) groups is 1. The van der Waals surface area contributed by atoms with Gasteiger partial charge in [0.1, 0.15) is 5.76 Å². The maximum atomic E-state index is 14.4. The standard InChI is InChI=1S/C38H46N4O2/c1-17(2)41-21(7)37(9,10)25-13-23(31-27(33(25)41)19(5)15-39-31)29-35(43)30(36(29)44)24-14-26-34(28-20(6)16-40-32(24)28)42(18(3)4)22(8)38(26,11)12/h13-18,21-22,39,43H,1-12H3. The van der Waals surface area contributed by atoms with Crippen LogP contribution in [0.2, 0.25) is 0 Å². The summed E-state index contributed by atoms with van der Waals surface area (Å²) in [5.41, 5.74) is 10.4. The summed E-state index contributed by atoms with van der Waals surface area (Å²) in [5.74, 6) is -0.0495. The number of Topliss-reactive ketones (excluding diaryl/α,β-unsaturated/α-hetero) is 1. The molecule has 0 saturated heterocycles. The number of ketones is 1. The largest absolute Gasteiger partial charge is 0.506 e. The number of hydrogen-bond donors (Lipinski definition) is 2. The number of aliphatic hydroxyl groups is 1. The van der Waals surface area contributed by atoms with Gasteiger partial charge in [0.15, 0.2) is 0 Å². The lowest BCUT2D eigenvalue weighted by Crippen LogP contribution is -2.43. The van der Waals surface area contributed by atoms with Gasteiger partial charge in [-0.1, -0.05) is 27.7 Å². The Morgan fingerprint density at radius 2 is 1.45 bits per heavy atom. The first kappa shape index (κ1) is 28.9. The monoisotopic (exact) mass is 590 g/mol. The Bertz CT molecular complexity index is 2020. The van der Waals surface area contributed by atoms with Gasteiger partial charge in [0.2, 0.25) is 5.78 Å². The lowest BCUT2D eigenvalue weighted by Gasteiger charge is -2.34. The second kappa shape index (κ2) is 8.89. The Kier molecular flexibility index (Phi) is 5.85. The summed E-state index contributed by atoms with van der Waals surface area (Å²) in [7, 11) is 0. The van der Waals surface area contributed by atoms with Gasteiger partial charge >= 0.3 is 0 Å². The van der Waals surface area contributed by atoms with E-state index < -0.39 is 0 Å². The smallest absolute Gasteiger partial charge is 0.201 e. The van der Waals surface area contributed by atoms with Crippen LogP contribution in [0.4, 0.5) is 11.4 Å². The van der Waals surface area contributed by atoms with E-state index in [4.69, 9.17) is 4.99 Å². The Balaban J connectivity index is 1.52. The highest BCUT2D eigenvalue weighted by Gasteiger charge is 2.48. The van der Waals surface area contributed by atoms with E-state index in [1.165, 1.54) is 22.5 Å². The summed E-state index contributed by atoms with van der Waals surface area (Å²) in [6.45, 7) is 26.9. The third-order valence-corrected chi connectivity index (χ3v) is 11.6. The number of hydrogen-bond acceptors (Lipinski definition) is 5. The molecule has 6 heteroatoms. The number of fused-ring (bicyclic) bond motifs is 6. The average molecular weight is 591 g/mol. The van der Waals surface area contributed by atoms with Crippen LogP contribution < -0.4 is 20.4 Å². The molecule has 0 spiro atoms. The summed E-state index contributed by atoms with van der Waals surface area (Å²) in [6.07, 6.45) is 3.93. The molecule has 4 heterocycles. The molecule has 2 atom stereocenters. The number of aliphatic hydroxyl groups excluding tert-OH is 1. The summed E-state index contributed by atoms with van der Waals surface area (Å²) >= 11 is 0. The molecule has 44 heavy (non-hydrogen) atoms. The highest BCUT2D eigenvalue weighted by atomic mass is 16.3. The number of allylic oxidation sites excluding steroid dienone is 3. The van der Waals surface area contributed by atoms with E-state index in [0.717, 1.165) is 43.7 Å². The lowest BCUT2D eigenvalue weighted by atomic mass is 9.76. The number of carbonyl (C=O) groups excluding carboxylic acids is 1. The Morgan fingerprint density at radius 1 is 0.886 bits per heavy atom. The molecule has 0 fully saturated rings. The zero-order valence-electron chi connectivity index (χ0n) is 28.3. The number of aromatic nitrogens is 1. The molecule has 0 saturated carbocycles. The van der Waals surface area contributed by atoms with Crippen molar-refractivity contribution in [3.63, 3.8) is 0 Å². The average Bonchev–Trinajstić information content (AvgIpc) is 3.62. The highest BCUT2D eigenvalue weighted by molar-refractivity contribution is 6.52. The van der Waals surface area contributed by atoms with Crippen LogP contribution in [-0.4, -0.2) is 40.0 Å². The first-order valence-corrected chi connectivity index (χ1v) is 16.2. The lowest BCUT2D eigenvalue weighted by molar-refractivity contribution is -0.109. The van der Waals surface area contributed by atoms with Gasteiger partial charge in [-0.2, -0.15) is 0 Å². The minimum atomic E-state index is -0.139. The van der Waals surface area contributed by atoms with E-state index >= 15 is 0 Å². The molecular formula is C38H46N4O2. The SMILES string of the molecule is CC1=CN=c2c1c1c(cc2=C2C(=O)C(c3cc4c(c5c(C)c[nH]c35)N(C(C)C)C(C)C4(C)C)=C2O)C(C)(C)C(C)N1C(C)C. The van der Waals surface area contributed by atoms with Gasteiger partial charge in [-0.05, 0) is 89.8 Å². The van der Waals surface area contributed by atoms with Crippen LogP contribution in [0, 0.1) is 6.92 Å². The van der Waals surface area contributed by atoms with Crippen LogP contribution >= 0.6 is 0 Å². The number of anilines is 2. The molecule has 230 valence electrons. The van der Waals surface area contributed by atoms with Gasteiger partial charge in [0, 0.05) is 69.1 Å². The summed E-state index contributed by atoms with van der Waals surface area (Å²) in [5, 5.41) is 14.6. The maximum absolute atomic E-state index is 14.4. The van der Waals surface area contributed by atoms with Crippen LogP contribution in [-0.2, 0) is 15.6 Å². The van der Waals surface area contributed by atoms with Gasteiger partial charge in [-0.15, -0.1) is 0 Å². The van der Waals surface area contributed by atoms with Crippen LogP contribution in [0.1, 0.15) is 104 Å². The van der Waals surface area contributed by atoms with Crippen molar-refractivity contribution in [2.24, 2.45) is 4.99 Å². The molecule has 3 aromatic rings. The Hall–Kier alpha value is -3.80. The van der Waals surface area contributed by atoms with E-state index in [0.29, 0.717) is 23.2 Å². The fraction of sp³-hybridized carbons (Fsp3) is 0.474. The molecule has 2 aromatic carbocycles. The zero-order valence-corrected chi connectivity index (χ0v) is 28.3. The molecule has 1 aliphatic carbocycles. The minimum absolute atomic E-state index is 0.0690. The third kappa shape index (κ3) is 3.32. The topological polar surface area (TPSA) is 71.9 Å². The molecule has 1 aromatic heterocycles. The normalized spacial score (nSPS) is 24.3. The van der Waals surface area contributed by atoms with E-state index in [1.54, 1.807) is 0 Å². The summed E-state index contributed by atoms with van der Waals surface area (Å²) in [4.78, 5) is 27.7. The van der Waals surface area contributed by atoms with Crippen molar-refractivity contribution in [1.82, 2.24) is 4.98 Å². The van der Waals surface area contributed by atoms with Crippen LogP contribution in [0.15, 0.2) is 35.3 Å². The van der Waals surface area contributed by atoms with Crippen molar-refractivity contribution in [3.8, 4) is 0 Å². The number of H-pyrrole nitrogens is 1. The van der Waals surface area contributed by atoms with Gasteiger partial charge in [0.05, 0.1) is 33.4 Å². The van der Waals surface area contributed by atoms with Crippen molar-refractivity contribution in [2.75, 3.05) is 9.80 Å². The number of rotatable bonds is 3. The molecule has 0 amide bonds. The van der Waals surface area contributed by atoms with Crippen molar-refractivity contribution in [1.29, 1.82) is 0 Å². The fourth-order valence-electron chi connectivity index (χ4n) is 8.61. The number of nitrogens with one attached hydrogen (secondary N) is 1. The molecule has 3 aliphatic heterocycles. The van der Waals surface area contributed by atoms with E-state index in [2.05, 4.69) is 110 Å². The van der Waals surface area contributed by atoms with Crippen LogP contribution in [0.3, 0.4) is 0 Å². The first-order chi connectivity index (χ1) is 20.5. The van der Waals surface area contributed by atoms with Crippen molar-refractivity contribution in [2.45, 2.75) is 118 Å². The van der Waals surface area contributed by atoms with Gasteiger partial charge in [-0.25, -0.2) is 0 Å². The molecule has 2 unspecified atom stereocenters. The summed E-state index contributed by atoms with van der Waals surface area (Å²) < 4.78 is 0. The minimum Gasteiger partial charge on any atom is -0.506 e. The predicted molar refractivity (Wildman–Crippen MR) is 182 cm³/mol. The molecule has 0 bridgehead atoms. The van der Waals surface area contributed by atoms with Crippen LogP contribution in [0.25, 0.3) is 27.6 Å². The number of nitrogens with zero attached hydrogens (tertiary/aromatic N) is 3. The number of benzene rings is 2. The zero-order chi connectivity index (χ0) is 31.9. The fourth-order valence-corrected chi connectivity index (χ4v) is 8.61. The number of aryl methyl sites for hydroxylation is 1. The second-order valence-corrected chi connectivity index (χ2v) is 15.3. The second-order valence-electron chi connectivity index (χ2n) is 15.3. The molecular weight excluding hydrogens is 544 g/mol. The van der Waals surface area contributed by atoms with E-state index in [1.807, 2.05) is 12.4 Å². The third-order valence-electron chi connectivity index (χ3n) is 11.6. The van der Waals surface area contributed by atoms with E-state index in [9.17, 15) is 9.90 Å². The molecule has 2 N–H and O–H groups in total. The van der Waals surface area contributed by atoms with Crippen molar-refractivity contribution < 1.29 is 9.90 Å². The Labute approximate surface area is 260 Å². The first-order valence-electron chi connectivity index (χ1n) is 16.2. The molecule has 6 nitrogen and oxygen atoms in total. The summed E-state index contributed by atoms with van der Waals surface area (Å²) in [6, 6.07) is 5.52. The van der Waals surface area contributed by atoms with Crippen molar-refractivity contribution in [3.05, 3.63) is 68.7 Å². The quantitative estimate of drug-likeness (QED) is 0.346. The molecule has 7 rings (SSSR count). The Morgan fingerprint density at radius 3 is 2.02 bits per heavy atom. The number of aromatic amines is 1.